The molecule has 1 heterocycles. The standard InChI is InChI=1S/C30H32N2O2/c1-6-7-8-23-11-14-25(15-12-23)32-29(33)27(24-13-10-20(3)21(4)18-24)28(30(32)34)31-26-16-9-19(2)17-22(26)5/h9-18,31H,6-8H2,1-5H3. The summed E-state index contributed by atoms with van der Waals surface area (Å²) in [5.74, 6) is -0.638. The fraction of sp³-hybridized carbons (Fsp3) is 0.267. The Bertz CT molecular complexity index is 1290. The number of nitrogens with zero attached hydrogens (tertiary/aromatic N) is 1. The normalized spacial score (nSPS) is 13.7. The first kappa shape index (κ1) is 23.5. The summed E-state index contributed by atoms with van der Waals surface area (Å²) >= 11 is 0. The van der Waals surface area contributed by atoms with E-state index in [0.29, 0.717) is 17.0 Å². The maximum atomic E-state index is 13.7. The molecule has 0 bridgehead atoms. The number of hydrogen-bond donors (Lipinski definition) is 1. The third kappa shape index (κ3) is 4.54. The first-order valence-electron chi connectivity index (χ1n) is 11.9. The largest absolute Gasteiger partial charge is 0.350 e. The lowest BCUT2D eigenvalue weighted by Gasteiger charge is -2.16. The van der Waals surface area contributed by atoms with Crippen molar-refractivity contribution >= 4 is 28.8 Å². The number of amides is 2. The smallest absolute Gasteiger partial charge is 0.282 e. The number of benzene rings is 3. The van der Waals surface area contributed by atoms with Crippen LogP contribution in [0.15, 0.2) is 66.4 Å². The van der Waals surface area contributed by atoms with Crippen LogP contribution in [0.3, 0.4) is 0 Å². The van der Waals surface area contributed by atoms with Crippen LogP contribution in [0.4, 0.5) is 11.4 Å². The fourth-order valence-electron chi connectivity index (χ4n) is 4.33. The number of anilines is 2. The van der Waals surface area contributed by atoms with E-state index < -0.39 is 0 Å². The van der Waals surface area contributed by atoms with E-state index in [-0.39, 0.29) is 11.8 Å². The molecule has 1 aliphatic heterocycles. The van der Waals surface area contributed by atoms with Crippen LogP contribution in [-0.4, -0.2) is 11.8 Å². The summed E-state index contributed by atoms with van der Waals surface area (Å²) < 4.78 is 0. The van der Waals surface area contributed by atoms with Crippen molar-refractivity contribution in [3.63, 3.8) is 0 Å². The Morgan fingerprint density at radius 1 is 0.765 bits per heavy atom. The number of carbonyl (C=O) groups is 2. The molecule has 4 heteroatoms. The quantitative estimate of drug-likeness (QED) is 0.408. The molecule has 0 saturated heterocycles. The predicted molar refractivity (Wildman–Crippen MR) is 140 cm³/mol. The molecule has 0 aliphatic carbocycles. The summed E-state index contributed by atoms with van der Waals surface area (Å²) in [5, 5.41) is 3.31. The molecule has 174 valence electrons. The van der Waals surface area contributed by atoms with Crippen LogP contribution in [0, 0.1) is 27.7 Å². The highest BCUT2D eigenvalue weighted by Gasteiger charge is 2.40. The molecule has 4 rings (SSSR count). The van der Waals surface area contributed by atoms with Gasteiger partial charge in [0, 0.05) is 5.69 Å². The lowest BCUT2D eigenvalue weighted by Crippen LogP contribution is -2.32. The Balaban J connectivity index is 1.77. The van der Waals surface area contributed by atoms with E-state index in [4.69, 9.17) is 0 Å². The number of carbonyl (C=O) groups excluding carboxylic acids is 2. The molecule has 0 atom stereocenters. The van der Waals surface area contributed by atoms with E-state index in [1.54, 1.807) is 0 Å². The second kappa shape index (κ2) is 9.68. The van der Waals surface area contributed by atoms with E-state index in [1.165, 1.54) is 10.5 Å². The van der Waals surface area contributed by atoms with Crippen LogP contribution in [-0.2, 0) is 16.0 Å². The molecule has 0 saturated carbocycles. The van der Waals surface area contributed by atoms with Crippen LogP contribution in [0.2, 0.25) is 0 Å². The average Bonchev–Trinajstić information content (AvgIpc) is 3.05. The van der Waals surface area contributed by atoms with Crippen molar-refractivity contribution in [3.8, 4) is 0 Å². The molecule has 0 unspecified atom stereocenters. The molecule has 1 N–H and O–H groups in total. The summed E-state index contributed by atoms with van der Waals surface area (Å²) in [5.41, 5.74) is 8.47. The topological polar surface area (TPSA) is 49.4 Å². The van der Waals surface area contributed by atoms with E-state index >= 15 is 0 Å². The van der Waals surface area contributed by atoms with Crippen LogP contribution >= 0.6 is 0 Å². The van der Waals surface area contributed by atoms with Gasteiger partial charge in [0.25, 0.3) is 11.8 Å². The minimum Gasteiger partial charge on any atom is -0.350 e. The highest BCUT2D eigenvalue weighted by atomic mass is 16.2. The summed E-state index contributed by atoms with van der Waals surface area (Å²) in [6, 6.07) is 19.7. The Morgan fingerprint density at radius 3 is 2.15 bits per heavy atom. The summed E-state index contributed by atoms with van der Waals surface area (Å²) in [6.45, 7) is 10.3. The van der Waals surface area contributed by atoms with Crippen molar-refractivity contribution in [2.75, 3.05) is 10.2 Å². The van der Waals surface area contributed by atoms with Crippen LogP contribution in [0.1, 0.15) is 53.1 Å². The van der Waals surface area contributed by atoms with Crippen molar-refractivity contribution in [1.82, 2.24) is 0 Å². The minimum absolute atomic E-state index is 0.304. The number of hydrogen-bond acceptors (Lipinski definition) is 3. The molecule has 4 nitrogen and oxygen atoms in total. The van der Waals surface area contributed by atoms with Crippen LogP contribution in [0.5, 0.6) is 0 Å². The van der Waals surface area contributed by atoms with Gasteiger partial charge in [-0.2, -0.15) is 0 Å². The highest BCUT2D eigenvalue weighted by Crippen LogP contribution is 2.35. The van der Waals surface area contributed by atoms with Crippen molar-refractivity contribution in [3.05, 3.63) is 99.7 Å². The van der Waals surface area contributed by atoms with Crippen molar-refractivity contribution in [2.24, 2.45) is 0 Å². The molecule has 3 aromatic rings. The second-order valence-corrected chi connectivity index (χ2v) is 9.21. The SMILES string of the molecule is CCCCc1ccc(N2C(=O)C(Nc3ccc(C)cc3C)=C(c3ccc(C)c(C)c3)C2=O)cc1. The minimum atomic E-state index is -0.334. The Kier molecular flexibility index (Phi) is 6.69. The molecule has 3 aromatic carbocycles. The molecule has 0 radical (unpaired) electrons. The molecule has 0 fully saturated rings. The van der Waals surface area contributed by atoms with Gasteiger partial charge in [0.1, 0.15) is 5.70 Å². The van der Waals surface area contributed by atoms with Gasteiger partial charge in [-0.15, -0.1) is 0 Å². The molecule has 2 amide bonds. The third-order valence-electron chi connectivity index (χ3n) is 6.53. The summed E-state index contributed by atoms with van der Waals surface area (Å²) in [6.07, 6.45) is 3.23. The second-order valence-electron chi connectivity index (χ2n) is 9.21. The number of rotatable bonds is 7. The zero-order valence-corrected chi connectivity index (χ0v) is 20.7. The average molecular weight is 453 g/mol. The van der Waals surface area contributed by atoms with Gasteiger partial charge in [0.05, 0.1) is 11.3 Å². The summed E-state index contributed by atoms with van der Waals surface area (Å²) in [4.78, 5) is 28.7. The van der Waals surface area contributed by atoms with Crippen molar-refractivity contribution in [1.29, 1.82) is 0 Å². The van der Waals surface area contributed by atoms with Gasteiger partial charge in [-0.1, -0.05) is 61.4 Å². The maximum absolute atomic E-state index is 13.7. The first-order chi connectivity index (χ1) is 16.3. The number of unbranched alkanes of at least 4 members (excludes halogenated alkanes) is 1. The lowest BCUT2D eigenvalue weighted by atomic mass is 9.99. The van der Waals surface area contributed by atoms with Crippen molar-refractivity contribution < 1.29 is 9.59 Å². The van der Waals surface area contributed by atoms with Crippen LogP contribution in [0.25, 0.3) is 5.57 Å². The van der Waals surface area contributed by atoms with Gasteiger partial charge in [-0.3, -0.25) is 9.59 Å². The zero-order chi connectivity index (χ0) is 24.4. The van der Waals surface area contributed by atoms with Gasteiger partial charge < -0.3 is 5.32 Å². The first-order valence-corrected chi connectivity index (χ1v) is 11.9. The van der Waals surface area contributed by atoms with Crippen molar-refractivity contribution in [2.45, 2.75) is 53.9 Å². The predicted octanol–water partition coefficient (Wildman–Crippen LogP) is 6.66. The van der Waals surface area contributed by atoms with Gasteiger partial charge in [0.15, 0.2) is 0 Å². The van der Waals surface area contributed by atoms with Crippen LogP contribution < -0.4 is 10.2 Å². The molecular formula is C30H32N2O2. The third-order valence-corrected chi connectivity index (χ3v) is 6.53. The molecule has 34 heavy (non-hydrogen) atoms. The molecular weight excluding hydrogens is 420 g/mol. The van der Waals surface area contributed by atoms with E-state index in [9.17, 15) is 9.59 Å². The van der Waals surface area contributed by atoms with E-state index in [0.717, 1.165) is 52.8 Å². The zero-order valence-electron chi connectivity index (χ0n) is 20.7. The number of aryl methyl sites for hydroxylation is 5. The monoisotopic (exact) mass is 452 g/mol. The van der Waals surface area contributed by atoms with Gasteiger partial charge in [0.2, 0.25) is 0 Å². The Morgan fingerprint density at radius 2 is 1.50 bits per heavy atom. The Hall–Kier alpha value is -3.66. The van der Waals surface area contributed by atoms with E-state index in [1.807, 2.05) is 82.3 Å². The number of imide groups is 1. The highest BCUT2D eigenvalue weighted by molar-refractivity contribution is 6.46. The Labute approximate surface area is 202 Å². The molecule has 0 spiro atoms. The number of nitrogens with one attached hydrogen (secondary N) is 1. The van der Waals surface area contributed by atoms with Gasteiger partial charge in [-0.25, -0.2) is 4.90 Å². The summed E-state index contributed by atoms with van der Waals surface area (Å²) in [7, 11) is 0. The fourth-order valence-corrected chi connectivity index (χ4v) is 4.33. The molecule has 0 aromatic heterocycles. The maximum Gasteiger partial charge on any atom is 0.282 e. The molecule has 1 aliphatic rings. The van der Waals surface area contributed by atoms with E-state index in [2.05, 4.69) is 18.3 Å². The van der Waals surface area contributed by atoms with Gasteiger partial charge in [-0.05, 0) is 86.6 Å². The lowest BCUT2D eigenvalue weighted by molar-refractivity contribution is -0.120. The van der Waals surface area contributed by atoms with Gasteiger partial charge >= 0.3 is 0 Å².